The van der Waals surface area contributed by atoms with Crippen LogP contribution in [-0.2, 0) is 11.2 Å². The predicted molar refractivity (Wildman–Crippen MR) is 172 cm³/mol. The summed E-state index contributed by atoms with van der Waals surface area (Å²) in [5.74, 6) is -1.11. The second kappa shape index (κ2) is 14.8. The summed E-state index contributed by atoms with van der Waals surface area (Å²) in [6.07, 6.45) is 5.78. The van der Waals surface area contributed by atoms with E-state index in [1.54, 1.807) is 72.0 Å². The van der Waals surface area contributed by atoms with Crippen molar-refractivity contribution in [2.24, 2.45) is 0 Å². The van der Waals surface area contributed by atoms with Gasteiger partial charge in [-0.1, -0.05) is 59.3 Å². The number of benzene rings is 3. The largest absolute Gasteiger partial charge is 0.326 e. The fourth-order valence-corrected chi connectivity index (χ4v) is 5.92. The standard InChI is InChI=1S/C33H29ClF2N6O2S/c1-21(43)39-27-12-6-24(7-13-27)30-31(34)45-32(40-30)41-33(44)42(18-14-28-20-37-16-17-38-28)19-15-29(22-2-8-25(35)9-3-22)23-4-10-26(36)11-5-23/h2-13,16-17,20,29H,14-15,18-19H2,1H3,(H,39,43)(H,40,41,44). The van der Waals surface area contributed by atoms with Crippen molar-refractivity contribution in [3.8, 4) is 11.3 Å². The van der Waals surface area contributed by atoms with Gasteiger partial charge in [0.25, 0.3) is 0 Å². The van der Waals surface area contributed by atoms with E-state index in [4.69, 9.17) is 11.6 Å². The van der Waals surface area contributed by atoms with Gasteiger partial charge in [-0.25, -0.2) is 18.6 Å². The maximum Gasteiger partial charge on any atom is 0.323 e. The molecule has 0 aliphatic rings. The summed E-state index contributed by atoms with van der Waals surface area (Å²) in [4.78, 5) is 39.7. The van der Waals surface area contributed by atoms with Crippen LogP contribution in [-0.4, -0.2) is 44.9 Å². The lowest BCUT2D eigenvalue weighted by atomic mass is 9.88. The summed E-state index contributed by atoms with van der Waals surface area (Å²) in [6.45, 7) is 2.09. The average Bonchev–Trinajstić information content (AvgIpc) is 3.40. The number of hydrogen-bond acceptors (Lipinski definition) is 6. The molecule has 0 aliphatic carbocycles. The lowest BCUT2D eigenvalue weighted by Crippen LogP contribution is -2.38. The zero-order valence-electron chi connectivity index (χ0n) is 24.2. The number of anilines is 2. The Balaban J connectivity index is 1.35. The van der Waals surface area contributed by atoms with Gasteiger partial charge in [-0.2, -0.15) is 0 Å². The number of aromatic nitrogens is 3. The molecule has 230 valence electrons. The molecule has 3 aromatic carbocycles. The molecule has 0 radical (unpaired) electrons. The van der Waals surface area contributed by atoms with Crippen LogP contribution in [0.2, 0.25) is 4.34 Å². The molecule has 45 heavy (non-hydrogen) atoms. The molecule has 3 amide bonds. The number of hydrogen-bond donors (Lipinski definition) is 2. The average molecular weight is 647 g/mol. The molecule has 0 spiro atoms. The van der Waals surface area contributed by atoms with Gasteiger partial charge in [-0.05, 0) is 53.9 Å². The Morgan fingerprint density at radius 3 is 2.11 bits per heavy atom. The Bertz CT molecular complexity index is 1690. The molecule has 0 fully saturated rings. The number of nitrogens with one attached hydrogen (secondary N) is 2. The van der Waals surface area contributed by atoms with Gasteiger partial charge in [0, 0.05) is 62.2 Å². The summed E-state index contributed by atoms with van der Waals surface area (Å²) >= 11 is 7.66. The molecule has 0 saturated carbocycles. The van der Waals surface area contributed by atoms with Crippen LogP contribution >= 0.6 is 22.9 Å². The van der Waals surface area contributed by atoms with Crippen LogP contribution in [0.1, 0.15) is 36.1 Å². The van der Waals surface area contributed by atoms with Crippen molar-refractivity contribution in [3.63, 3.8) is 0 Å². The number of carbonyl (C=O) groups is 2. The molecule has 12 heteroatoms. The van der Waals surface area contributed by atoms with E-state index >= 15 is 0 Å². The van der Waals surface area contributed by atoms with Crippen molar-refractivity contribution >= 4 is 45.7 Å². The second-order valence-electron chi connectivity index (χ2n) is 10.2. The normalized spacial score (nSPS) is 11.0. The Morgan fingerprint density at radius 2 is 1.53 bits per heavy atom. The lowest BCUT2D eigenvalue weighted by molar-refractivity contribution is -0.114. The van der Waals surface area contributed by atoms with Crippen LogP contribution in [0.4, 0.5) is 24.4 Å². The van der Waals surface area contributed by atoms with Crippen LogP contribution in [0.3, 0.4) is 0 Å². The highest BCUT2D eigenvalue weighted by molar-refractivity contribution is 7.20. The fraction of sp³-hybridized carbons (Fsp3) is 0.182. The first-order chi connectivity index (χ1) is 21.7. The number of carbonyl (C=O) groups excluding carboxylic acids is 2. The van der Waals surface area contributed by atoms with Gasteiger partial charge in [-0.15, -0.1) is 0 Å². The topological polar surface area (TPSA) is 100 Å². The highest BCUT2D eigenvalue weighted by atomic mass is 35.5. The van der Waals surface area contributed by atoms with E-state index in [0.717, 1.165) is 33.7 Å². The quantitative estimate of drug-likeness (QED) is 0.153. The van der Waals surface area contributed by atoms with Crippen molar-refractivity contribution < 1.29 is 18.4 Å². The van der Waals surface area contributed by atoms with E-state index in [9.17, 15) is 18.4 Å². The van der Waals surface area contributed by atoms with Crippen LogP contribution < -0.4 is 10.6 Å². The van der Waals surface area contributed by atoms with Crippen LogP contribution in [0.5, 0.6) is 0 Å². The van der Waals surface area contributed by atoms with Crippen molar-refractivity contribution in [2.75, 3.05) is 23.7 Å². The Morgan fingerprint density at radius 1 is 0.889 bits per heavy atom. The Hall–Kier alpha value is -4.74. The predicted octanol–water partition coefficient (Wildman–Crippen LogP) is 7.79. The van der Waals surface area contributed by atoms with E-state index in [2.05, 4.69) is 25.6 Å². The van der Waals surface area contributed by atoms with Gasteiger partial charge >= 0.3 is 6.03 Å². The number of nitrogens with zero attached hydrogens (tertiary/aromatic N) is 4. The lowest BCUT2D eigenvalue weighted by Gasteiger charge is -2.26. The smallest absolute Gasteiger partial charge is 0.323 e. The van der Waals surface area contributed by atoms with E-state index in [1.165, 1.54) is 31.2 Å². The summed E-state index contributed by atoms with van der Waals surface area (Å²) < 4.78 is 27.9. The number of rotatable bonds is 11. The van der Waals surface area contributed by atoms with Crippen molar-refractivity contribution in [1.29, 1.82) is 0 Å². The molecule has 0 unspecified atom stereocenters. The third-order valence-corrected chi connectivity index (χ3v) is 8.22. The number of halogens is 3. The minimum absolute atomic E-state index is 0.176. The second-order valence-corrected chi connectivity index (χ2v) is 11.8. The summed E-state index contributed by atoms with van der Waals surface area (Å²) in [6, 6.07) is 19.1. The first-order valence-electron chi connectivity index (χ1n) is 14.1. The third-order valence-electron chi connectivity index (χ3n) is 7.05. The zero-order valence-corrected chi connectivity index (χ0v) is 25.8. The van der Waals surface area contributed by atoms with Gasteiger partial charge in [0.15, 0.2) is 5.13 Å². The van der Waals surface area contributed by atoms with Crippen LogP contribution in [0.25, 0.3) is 11.3 Å². The summed E-state index contributed by atoms with van der Waals surface area (Å²) in [5, 5.41) is 5.92. The molecule has 0 bridgehead atoms. The zero-order chi connectivity index (χ0) is 31.8. The molecule has 0 atom stereocenters. The summed E-state index contributed by atoms with van der Waals surface area (Å²) in [5.41, 5.74) is 4.30. The first kappa shape index (κ1) is 31.7. The molecule has 0 aliphatic heterocycles. The Labute approximate surface area is 268 Å². The Kier molecular flexibility index (Phi) is 10.4. The number of urea groups is 1. The maximum absolute atomic E-state index is 13.7. The fourth-order valence-electron chi connectivity index (χ4n) is 4.84. The van der Waals surface area contributed by atoms with Gasteiger partial charge < -0.3 is 10.2 Å². The van der Waals surface area contributed by atoms with E-state index in [-0.39, 0.29) is 29.5 Å². The van der Waals surface area contributed by atoms with Crippen LogP contribution in [0, 0.1) is 11.6 Å². The molecule has 5 rings (SSSR count). The molecule has 2 aromatic heterocycles. The van der Waals surface area contributed by atoms with Gasteiger partial charge in [0.05, 0.1) is 5.69 Å². The molecule has 5 aromatic rings. The maximum atomic E-state index is 13.7. The summed E-state index contributed by atoms with van der Waals surface area (Å²) in [7, 11) is 0. The van der Waals surface area contributed by atoms with Crippen molar-refractivity contribution in [1.82, 2.24) is 19.9 Å². The van der Waals surface area contributed by atoms with E-state index in [1.807, 2.05) is 0 Å². The highest BCUT2D eigenvalue weighted by Crippen LogP contribution is 2.36. The van der Waals surface area contributed by atoms with Crippen LogP contribution in [0.15, 0.2) is 91.4 Å². The SMILES string of the molecule is CC(=O)Nc1ccc(-c2nc(NC(=O)N(CCc3cnccn3)CCC(c3ccc(F)cc3)c3ccc(F)cc3)sc2Cl)cc1. The van der Waals surface area contributed by atoms with E-state index < -0.39 is 0 Å². The van der Waals surface area contributed by atoms with Gasteiger partial charge in [0.1, 0.15) is 21.7 Å². The minimum Gasteiger partial charge on any atom is -0.326 e. The molecule has 2 N–H and O–H groups in total. The van der Waals surface area contributed by atoms with Gasteiger partial charge in [0.2, 0.25) is 5.91 Å². The minimum atomic E-state index is -0.381. The van der Waals surface area contributed by atoms with Crippen molar-refractivity contribution in [3.05, 3.63) is 124 Å². The molecule has 2 heterocycles. The van der Waals surface area contributed by atoms with E-state index in [0.29, 0.717) is 46.8 Å². The molecule has 0 saturated heterocycles. The molecule has 8 nitrogen and oxygen atoms in total. The van der Waals surface area contributed by atoms with Crippen molar-refractivity contribution in [2.45, 2.75) is 25.7 Å². The number of thiazole rings is 1. The molecular formula is C33H29ClF2N6O2S. The first-order valence-corrected chi connectivity index (χ1v) is 15.3. The van der Waals surface area contributed by atoms with Gasteiger partial charge in [-0.3, -0.25) is 20.1 Å². The monoisotopic (exact) mass is 646 g/mol. The number of amides is 3. The molecular weight excluding hydrogens is 618 g/mol. The highest BCUT2D eigenvalue weighted by Gasteiger charge is 2.22. The third kappa shape index (κ3) is 8.68.